The van der Waals surface area contributed by atoms with E-state index >= 15 is 0 Å². The monoisotopic (exact) mass is 613 g/mol. The van der Waals surface area contributed by atoms with E-state index in [4.69, 9.17) is 14.3 Å². The van der Waals surface area contributed by atoms with E-state index in [9.17, 15) is 9.59 Å². The van der Waals surface area contributed by atoms with Crippen LogP contribution in [0.4, 0.5) is 0 Å². The molecule has 0 unspecified atom stereocenters. The summed E-state index contributed by atoms with van der Waals surface area (Å²) in [5.74, 6) is -1.23. The highest BCUT2D eigenvalue weighted by molar-refractivity contribution is 14.1. The molecule has 3 aromatic carbocycles. The van der Waals surface area contributed by atoms with Crippen LogP contribution in [0.5, 0.6) is 0 Å². The molecule has 0 aliphatic carbocycles. The molecule has 0 heterocycles. The quantitative estimate of drug-likeness (QED) is 0.0430. The molecule has 6 nitrogen and oxygen atoms in total. The van der Waals surface area contributed by atoms with Crippen LogP contribution >= 0.6 is 22.6 Å². The highest BCUT2D eigenvalue weighted by Crippen LogP contribution is 2.40. The van der Waals surface area contributed by atoms with Crippen LogP contribution in [-0.4, -0.2) is 35.8 Å². The molecule has 0 spiro atoms. The molecule has 0 aromatic heterocycles. The van der Waals surface area contributed by atoms with Crippen molar-refractivity contribution in [2.24, 2.45) is 10.6 Å². The predicted octanol–water partition coefficient (Wildman–Crippen LogP) is 6.31. The fraction of sp³-hybridized carbons (Fsp3) is 0.300. The van der Waals surface area contributed by atoms with Gasteiger partial charge in [0.15, 0.2) is 5.41 Å². The van der Waals surface area contributed by atoms with Crippen molar-refractivity contribution in [3.63, 3.8) is 0 Å². The molecule has 0 atom stereocenters. The summed E-state index contributed by atoms with van der Waals surface area (Å²) >= 11 is 2.14. The maximum absolute atomic E-state index is 13.0. The third kappa shape index (κ3) is 6.39. The predicted molar refractivity (Wildman–Crippen MR) is 153 cm³/mol. The van der Waals surface area contributed by atoms with Crippen molar-refractivity contribution in [1.29, 1.82) is 0 Å². The van der Waals surface area contributed by atoms with Gasteiger partial charge in [-0.1, -0.05) is 119 Å². The number of esters is 2. The zero-order valence-electron chi connectivity index (χ0n) is 21.1. The summed E-state index contributed by atoms with van der Waals surface area (Å²) in [6, 6.07) is 29.5. The Morgan fingerprint density at radius 1 is 0.757 bits per heavy atom. The largest absolute Gasteiger partial charge is 0.465 e. The highest BCUT2D eigenvalue weighted by atomic mass is 127. The van der Waals surface area contributed by atoms with Gasteiger partial charge in [0.1, 0.15) is 0 Å². The summed E-state index contributed by atoms with van der Waals surface area (Å²) < 4.78 is 11.1. The summed E-state index contributed by atoms with van der Waals surface area (Å²) in [5, 5.41) is 4.38. The lowest BCUT2D eigenvalue weighted by molar-refractivity contribution is -0.171. The van der Waals surface area contributed by atoms with Crippen molar-refractivity contribution in [3.05, 3.63) is 108 Å². The Morgan fingerprint density at radius 2 is 1.16 bits per heavy atom. The maximum atomic E-state index is 13.0. The molecule has 0 N–H and O–H groups in total. The maximum Gasteiger partial charge on any atom is 0.323 e. The second-order valence-corrected chi connectivity index (χ2v) is 9.40. The van der Waals surface area contributed by atoms with E-state index in [0.717, 1.165) is 16.7 Å². The lowest BCUT2D eigenvalue weighted by atomic mass is 9.80. The Morgan fingerprint density at radius 3 is 1.51 bits per heavy atom. The molecule has 194 valence electrons. The van der Waals surface area contributed by atoms with Crippen LogP contribution in [0.25, 0.3) is 0 Å². The van der Waals surface area contributed by atoms with Gasteiger partial charge in [-0.05, 0) is 20.3 Å². The van der Waals surface area contributed by atoms with Crippen molar-refractivity contribution in [3.8, 4) is 0 Å². The molecule has 3 rings (SSSR count). The minimum Gasteiger partial charge on any atom is -0.465 e. The zero-order valence-corrected chi connectivity index (χ0v) is 23.3. The van der Waals surface area contributed by atoms with Gasteiger partial charge in [-0.3, -0.25) is 9.59 Å². The lowest BCUT2D eigenvalue weighted by Gasteiger charge is -2.33. The van der Waals surface area contributed by atoms with Crippen LogP contribution in [0, 0.1) is 5.41 Å². The van der Waals surface area contributed by atoms with Gasteiger partial charge in [0, 0.05) is 33.8 Å². The van der Waals surface area contributed by atoms with Crippen molar-refractivity contribution in [1.82, 2.24) is 0 Å². The number of halogens is 1. The molecule has 0 amide bonds. The van der Waals surface area contributed by atoms with E-state index in [-0.39, 0.29) is 26.1 Å². The van der Waals surface area contributed by atoms with Gasteiger partial charge in [-0.15, -0.1) is 0 Å². The average molecular weight is 613 g/mol. The molecule has 0 fully saturated rings. The SMILES string of the molecule is CCOC(=O)C(C/C=N/OC(c1ccccc1)(c1ccccc1)c1ccccc1)(CCI)C(=O)OCC. The van der Waals surface area contributed by atoms with Crippen LogP contribution in [-0.2, 0) is 29.5 Å². The molecule has 0 saturated carbocycles. The second kappa shape index (κ2) is 13.9. The number of rotatable bonds is 13. The molecule has 7 heteroatoms. The first-order valence-corrected chi connectivity index (χ1v) is 13.8. The Hall–Kier alpha value is -3.20. The van der Waals surface area contributed by atoms with Crippen LogP contribution in [0.2, 0.25) is 0 Å². The normalized spacial score (nSPS) is 11.8. The number of hydrogen-bond acceptors (Lipinski definition) is 6. The Kier molecular flexibility index (Phi) is 10.7. The second-order valence-electron chi connectivity index (χ2n) is 8.32. The number of ether oxygens (including phenoxy) is 2. The smallest absolute Gasteiger partial charge is 0.323 e. The average Bonchev–Trinajstić information content (AvgIpc) is 2.94. The summed E-state index contributed by atoms with van der Waals surface area (Å²) in [5.41, 5.74) is 0.117. The number of hydrogen-bond donors (Lipinski definition) is 0. The van der Waals surface area contributed by atoms with E-state index in [1.54, 1.807) is 13.8 Å². The topological polar surface area (TPSA) is 74.2 Å². The van der Waals surface area contributed by atoms with Gasteiger partial charge >= 0.3 is 11.9 Å². The molecule has 0 aliphatic rings. The molecule has 0 bridgehead atoms. The Bertz CT molecular complexity index is 1040. The van der Waals surface area contributed by atoms with E-state index in [1.165, 1.54) is 6.21 Å². The van der Waals surface area contributed by atoms with Gasteiger partial charge in [-0.25, -0.2) is 0 Å². The molecule has 3 aromatic rings. The van der Waals surface area contributed by atoms with E-state index in [1.807, 2.05) is 91.0 Å². The van der Waals surface area contributed by atoms with Crippen LogP contribution < -0.4 is 0 Å². The Balaban J connectivity index is 2.06. The van der Waals surface area contributed by atoms with Crippen molar-refractivity contribution in [2.75, 3.05) is 17.6 Å². The number of carbonyl (C=O) groups is 2. The summed E-state index contributed by atoms with van der Waals surface area (Å²) in [4.78, 5) is 32.4. The first-order chi connectivity index (χ1) is 18.0. The molecule has 0 saturated heterocycles. The number of alkyl halides is 1. The lowest BCUT2D eigenvalue weighted by Crippen LogP contribution is -2.43. The van der Waals surface area contributed by atoms with Crippen molar-refractivity contribution >= 4 is 40.7 Å². The van der Waals surface area contributed by atoms with Crippen LogP contribution in [0.3, 0.4) is 0 Å². The number of nitrogens with zero attached hydrogens (tertiary/aromatic N) is 1. The van der Waals surface area contributed by atoms with Crippen molar-refractivity contribution in [2.45, 2.75) is 32.3 Å². The van der Waals surface area contributed by atoms with Crippen molar-refractivity contribution < 1.29 is 23.9 Å². The van der Waals surface area contributed by atoms with E-state index < -0.39 is 23.0 Å². The van der Waals surface area contributed by atoms with Crippen LogP contribution in [0.15, 0.2) is 96.2 Å². The van der Waals surface area contributed by atoms with E-state index in [2.05, 4.69) is 27.7 Å². The van der Waals surface area contributed by atoms with Gasteiger partial charge in [0.2, 0.25) is 5.60 Å². The fourth-order valence-electron chi connectivity index (χ4n) is 4.24. The van der Waals surface area contributed by atoms with Gasteiger partial charge in [0.25, 0.3) is 0 Å². The summed E-state index contributed by atoms with van der Waals surface area (Å²) in [6.45, 7) is 3.74. The zero-order chi connectivity index (χ0) is 26.6. The fourth-order valence-corrected chi connectivity index (χ4v) is 5.16. The molecule has 37 heavy (non-hydrogen) atoms. The minimum absolute atomic E-state index is 0.0118. The van der Waals surface area contributed by atoms with Gasteiger partial charge in [0.05, 0.1) is 13.2 Å². The Labute approximate surface area is 232 Å². The third-order valence-electron chi connectivity index (χ3n) is 6.10. The number of benzene rings is 3. The van der Waals surface area contributed by atoms with Gasteiger partial charge < -0.3 is 14.3 Å². The van der Waals surface area contributed by atoms with Crippen LogP contribution in [0.1, 0.15) is 43.4 Å². The third-order valence-corrected chi connectivity index (χ3v) is 6.64. The van der Waals surface area contributed by atoms with E-state index in [0.29, 0.717) is 4.43 Å². The standard InChI is InChI=1S/C30H32INO5/c1-3-35-27(33)29(20-22-31,28(34)36-4-2)21-23-32-37-30(24-14-8-5-9-15-24,25-16-10-6-11-17-25)26-18-12-7-13-19-26/h5-19,23H,3-4,20-22H2,1-2H3/b32-23+. The van der Waals surface area contributed by atoms with Gasteiger partial charge in [-0.2, -0.15) is 0 Å². The minimum atomic E-state index is -1.49. The molecular weight excluding hydrogens is 581 g/mol. The molecular formula is C30H32INO5. The molecule has 0 aliphatic heterocycles. The number of carbonyl (C=O) groups excluding carboxylic acids is 2. The first-order valence-electron chi connectivity index (χ1n) is 12.3. The number of oxime groups is 1. The summed E-state index contributed by atoms with van der Waals surface area (Å²) in [7, 11) is 0. The summed E-state index contributed by atoms with van der Waals surface area (Å²) in [6.07, 6.45) is 1.73. The molecule has 0 radical (unpaired) electrons. The highest BCUT2D eigenvalue weighted by Gasteiger charge is 2.48. The first kappa shape index (κ1) is 28.4.